The Bertz CT molecular complexity index is 1700. The van der Waals surface area contributed by atoms with Crippen molar-refractivity contribution in [1.82, 2.24) is 0 Å². The number of hydrogen-bond acceptors (Lipinski definition) is 5. The lowest BCUT2D eigenvalue weighted by molar-refractivity contribution is -0.154. The largest absolute Gasteiger partial charge is 0.453 e. The lowest BCUT2D eigenvalue weighted by Crippen LogP contribution is -2.15. The summed E-state index contributed by atoms with van der Waals surface area (Å²) in [5, 5.41) is 1.42. The summed E-state index contributed by atoms with van der Waals surface area (Å²) < 4.78 is 57.3. The van der Waals surface area contributed by atoms with Crippen molar-refractivity contribution in [2.45, 2.75) is 6.18 Å². The van der Waals surface area contributed by atoms with Gasteiger partial charge < -0.3 is 13.9 Å². The van der Waals surface area contributed by atoms with Crippen LogP contribution in [0.5, 0.6) is 17.2 Å². The van der Waals surface area contributed by atoms with E-state index in [1.165, 1.54) is 36.4 Å². The van der Waals surface area contributed by atoms with E-state index in [-0.39, 0.29) is 16.9 Å². The van der Waals surface area contributed by atoms with E-state index in [0.29, 0.717) is 0 Å². The van der Waals surface area contributed by atoms with Crippen LogP contribution in [0.4, 0.5) is 13.2 Å². The molecule has 184 valence electrons. The Hall–Kier alpha value is -4.85. The van der Waals surface area contributed by atoms with Crippen molar-refractivity contribution in [2.24, 2.45) is 0 Å². The van der Waals surface area contributed by atoms with Crippen LogP contribution < -0.4 is 14.9 Å². The van der Waals surface area contributed by atoms with Crippen molar-refractivity contribution < 1.29 is 31.9 Å². The van der Waals surface area contributed by atoms with Crippen molar-refractivity contribution in [3.63, 3.8) is 0 Å². The minimum absolute atomic E-state index is 0.0478. The third kappa shape index (κ3) is 5.23. The molecule has 0 fully saturated rings. The summed E-state index contributed by atoms with van der Waals surface area (Å²) in [6, 6.07) is 24.4. The lowest BCUT2D eigenvalue weighted by Gasteiger charge is -2.14. The van der Waals surface area contributed by atoms with Gasteiger partial charge in [-0.1, -0.05) is 60.7 Å². The van der Waals surface area contributed by atoms with E-state index in [4.69, 9.17) is 13.9 Å². The molecule has 0 spiro atoms. The van der Waals surface area contributed by atoms with E-state index >= 15 is 0 Å². The number of rotatable bonds is 5. The number of carbonyl (C=O) groups is 1. The summed E-state index contributed by atoms with van der Waals surface area (Å²) in [4.78, 5) is 25.2. The van der Waals surface area contributed by atoms with E-state index in [9.17, 15) is 22.8 Å². The number of ether oxygens (including phenoxy) is 2. The van der Waals surface area contributed by atoms with Crippen molar-refractivity contribution in [1.29, 1.82) is 0 Å². The van der Waals surface area contributed by atoms with Crippen molar-refractivity contribution in [3.05, 3.63) is 119 Å². The molecule has 5 nitrogen and oxygen atoms in total. The molecule has 0 amide bonds. The normalized spacial score (nSPS) is 11.8. The highest BCUT2D eigenvalue weighted by atomic mass is 19.4. The molecule has 0 saturated carbocycles. The minimum Gasteiger partial charge on any atom is -0.449 e. The van der Waals surface area contributed by atoms with Crippen molar-refractivity contribution in [2.75, 3.05) is 0 Å². The summed E-state index contributed by atoms with van der Waals surface area (Å²) in [6.45, 7) is 0. The topological polar surface area (TPSA) is 65.7 Å². The fourth-order valence-electron chi connectivity index (χ4n) is 3.73. The molecule has 0 saturated heterocycles. The highest BCUT2D eigenvalue weighted by Gasteiger charge is 2.40. The molecule has 0 radical (unpaired) electrons. The fraction of sp³-hybridized carbons (Fsp3) is 0.0345. The van der Waals surface area contributed by atoms with Gasteiger partial charge in [-0.3, -0.25) is 4.79 Å². The maximum atomic E-state index is 13.9. The number of benzene rings is 4. The maximum absolute atomic E-state index is 13.9. The molecule has 1 aromatic heterocycles. The van der Waals surface area contributed by atoms with Gasteiger partial charge in [-0.25, -0.2) is 4.79 Å². The molecule has 0 aliphatic heterocycles. The summed E-state index contributed by atoms with van der Waals surface area (Å²) >= 11 is 0. The van der Waals surface area contributed by atoms with Gasteiger partial charge in [-0.2, -0.15) is 13.2 Å². The van der Waals surface area contributed by atoms with E-state index in [2.05, 4.69) is 0 Å². The average molecular weight is 502 g/mol. The zero-order chi connectivity index (χ0) is 26.0. The molecule has 1 heterocycles. The van der Waals surface area contributed by atoms with Crippen LogP contribution in [0.3, 0.4) is 0 Å². The van der Waals surface area contributed by atoms with Crippen LogP contribution in [0.25, 0.3) is 27.8 Å². The minimum atomic E-state index is -5.02. The molecule has 4 aromatic carbocycles. The van der Waals surface area contributed by atoms with Gasteiger partial charge in [0.25, 0.3) is 5.76 Å². The van der Waals surface area contributed by atoms with Crippen molar-refractivity contribution in [3.8, 4) is 17.2 Å². The SMILES string of the molecule is O=C(/C=C/c1ccccc1)Oc1ccc2c(=O)c(Oc3ccc4ccccc4c3)c(C(F)(F)F)oc2c1. The van der Waals surface area contributed by atoms with Crippen molar-refractivity contribution >= 4 is 33.8 Å². The van der Waals surface area contributed by atoms with E-state index in [1.54, 1.807) is 42.5 Å². The molecule has 0 aliphatic rings. The molecule has 0 N–H and O–H groups in total. The van der Waals surface area contributed by atoms with Gasteiger partial charge in [0.05, 0.1) is 5.39 Å². The third-order valence-corrected chi connectivity index (χ3v) is 5.45. The molecular weight excluding hydrogens is 485 g/mol. The highest BCUT2D eigenvalue weighted by molar-refractivity contribution is 5.89. The Balaban J connectivity index is 1.49. The molecule has 5 aromatic rings. The third-order valence-electron chi connectivity index (χ3n) is 5.45. The first-order chi connectivity index (χ1) is 17.8. The van der Waals surface area contributed by atoms with Crippen LogP contribution in [0.2, 0.25) is 0 Å². The second-order valence-electron chi connectivity index (χ2n) is 8.02. The quantitative estimate of drug-likeness (QED) is 0.143. The zero-order valence-electron chi connectivity index (χ0n) is 19.0. The second-order valence-corrected chi connectivity index (χ2v) is 8.02. The number of alkyl halides is 3. The first-order valence-corrected chi connectivity index (χ1v) is 11.1. The molecule has 0 bridgehead atoms. The summed E-state index contributed by atoms with van der Waals surface area (Å²) in [5.74, 6) is -3.37. The number of carbonyl (C=O) groups excluding carboxylic acids is 1. The molecule has 8 heteroatoms. The Morgan fingerprint density at radius 3 is 2.27 bits per heavy atom. The smallest absolute Gasteiger partial charge is 0.449 e. The van der Waals surface area contributed by atoms with Crippen LogP contribution in [-0.2, 0) is 11.0 Å². The molecule has 0 atom stereocenters. The van der Waals surface area contributed by atoms with E-state index in [0.717, 1.165) is 22.4 Å². The van der Waals surface area contributed by atoms with E-state index < -0.39 is 34.7 Å². The van der Waals surface area contributed by atoms with Gasteiger partial charge in [0.1, 0.15) is 17.1 Å². The molecular formula is C29H17F3O5. The number of esters is 1. The second kappa shape index (κ2) is 9.66. The predicted octanol–water partition coefficient (Wildman–Crippen LogP) is 7.38. The van der Waals surface area contributed by atoms with Crippen LogP contribution in [0.1, 0.15) is 11.3 Å². The van der Waals surface area contributed by atoms with Gasteiger partial charge in [-0.05, 0) is 46.7 Å². The maximum Gasteiger partial charge on any atom is 0.453 e. The Morgan fingerprint density at radius 1 is 0.811 bits per heavy atom. The monoisotopic (exact) mass is 502 g/mol. The Labute approximate surface area is 208 Å². The van der Waals surface area contributed by atoms with Gasteiger partial charge in [0.2, 0.25) is 11.2 Å². The average Bonchev–Trinajstić information content (AvgIpc) is 2.89. The first kappa shape index (κ1) is 23.9. The van der Waals surface area contributed by atoms with Crippen LogP contribution in [0.15, 0.2) is 106 Å². The number of halogens is 3. The highest BCUT2D eigenvalue weighted by Crippen LogP contribution is 2.39. The zero-order valence-corrected chi connectivity index (χ0v) is 19.0. The molecule has 0 unspecified atom stereocenters. The predicted molar refractivity (Wildman–Crippen MR) is 133 cm³/mol. The molecule has 37 heavy (non-hydrogen) atoms. The number of fused-ring (bicyclic) bond motifs is 2. The van der Waals surface area contributed by atoms with Crippen LogP contribution in [-0.4, -0.2) is 5.97 Å². The number of hydrogen-bond donors (Lipinski definition) is 0. The van der Waals surface area contributed by atoms with Gasteiger partial charge in [0.15, 0.2) is 0 Å². The Kier molecular flexibility index (Phi) is 6.23. The molecule has 5 rings (SSSR count). The fourth-order valence-corrected chi connectivity index (χ4v) is 3.73. The van der Waals surface area contributed by atoms with Gasteiger partial charge in [0, 0.05) is 12.1 Å². The van der Waals surface area contributed by atoms with Crippen LogP contribution >= 0.6 is 0 Å². The Morgan fingerprint density at radius 2 is 1.51 bits per heavy atom. The standard InChI is InChI=1S/C29H17F3O5/c30-29(31,32)28-27(36-21-12-11-19-8-4-5-9-20(19)16-21)26(34)23-14-13-22(17-24(23)37-28)35-25(33)15-10-18-6-2-1-3-7-18/h1-17H/b15-10+. The van der Waals surface area contributed by atoms with Gasteiger partial charge >= 0.3 is 12.1 Å². The first-order valence-electron chi connectivity index (χ1n) is 11.1. The van der Waals surface area contributed by atoms with Crippen LogP contribution in [0, 0.1) is 0 Å². The molecule has 0 aliphatic carbocycles. The lowest BCUT2D eigenvalue weighted by atomic mass is 10.1. The van der Waals surface area contributed by atoms with E-state index in [1.807, 2.05) is 18.2 Å². The summed E-state index contributed by atoms with van der Waals surface area (Å²) in [5.41, 5.74) is -0.651. The van der Waals surface area contributed by atoms with Gasteiger partial charge in [-0.15, -0.1) is 0 Å². The summed E-state index contributed by atoms with van der Waals surface area (Å²) in [6.07, 6.45) is -2.32. The summed E-state index contributed by atoms with van der Waals surface area (Å²) in [7, 11) is 0.